The predicted molar refractivity (Wildman–Crippen MR) is 81.3 cm³/mol. The summed E-state index contributed by atoms with van der Waals surface area (Å²) in [6.07, 6.45) is 2.35. The fourth-order valence-corrected chi connectivity index (χ4v) is 3.08. The van der Waals surface area contributed by atoms with Crippen molar-refractivity contribution < 1.29 is 0 Å². The highest BCUT2D eigenvalue weighted by Gasteiger charge is 2.22. The Balaban J connectivity index is 2.00. The average molecular weight is 320 g/mol. The second kappa shape index (κ2) is 5.47. The Morgan fingerprint density at radius 1 is 1.16 bits per heavy atom. The molecule has 0 aliphatic carbocycles. The highest BCUT2D eigenvalue weighted by Crippen LogP contribution is 2.34. The lowest BCUT2D eigenvalue weighted by Crippen LogP contribution is -2.27. The second-order valence-corrected chi connectivity index (χ2v) is 6.06. The lowest BCUT2D eigenvalue weighted by Gasteiger charge is -2.22. The van der Waals surface area contributed by atoms with Crippen LogP contribution in [0.4, 0.5) is 0 Å². The lowest BCUT2D eigenvalue weighted by atomic mass is 9.89. The molecular weight excluding hydrogens is 302 g/mol. The van der Waals surface area contributed by atoms with Gasteiger partial charge in [-0.05, 0) is 50.6 Å². The minimum atomic E-state index is 0.574. The second-order valence-electron chi connectivity index (χ2n) is 5.14. The van der Waals surface area contributed by atoms with Crippen molar-refractivity contribution in [3.05, 3.63) is 40.1 Å². The number of aryl methyl sites for hydroxylation is 1. The summed E-state index contributed by atoms with van der Waals surface area (Å²) in [4.78, 5) is 0. The van der Waals surface area contributed by atoms with E-state index in [9.17, 15) is 0 Å². The Labute approximate surface area is 121 Å². The molecular formula is C15H18BrN3. The Kier molecular flexibility index (Phi) is 3.71. The van der Waals surface area contributed by atoms with Crippen LogP contribution >= 0.6 is 15.9 Å². The van der Waals surface area contributed by atoms with Crippen LogP contribution in [-0.2, 0) is 0 Å². The SMILES string of the molecule is Cc1[nH]nc(C2CCNCC2)c1-c1ccc(Br)cc1. The number of hydrogen-bond acceptors (Lipinski definition) is 2. The molecule has 0 saturated carbocycles. The molecule has 3 nitrogen and oxygen atoms in total. The minimum Gasteiger partial charge on any atom is -0.317 e. The Bertz CT molecular complexity index is 553. The summed E-state index contributed by atoms with van der Waals surface area (Å²) in [6.45, 7) is 4.29. The molecule has 0 atom stereocenters. The van der Waals surface area contributed by atoms with Gasteiger partial charge in [0.25, 0.3) is 0 Å². The zero-order valence-corrected chi connectivity index (χ0v) is 12.6. The molecule has 0 radical (unpaired) electrons. The number of aromatic amines is 1. The summed E-state index contributed by atoms with van der Waals surface area (Å²) in [5, 5.41) is 11.2. The van der Waals surface area contributed by atoms with Gasteiger partial charge in [-0.3, -0.25) is 5.10 Å². The van der Waals surface area contributed by atoms with Gasteiger partial charge in [0, 0.05) is 21.6 Å². The van der Waals surface area contributed by atoms with E-state index in [1.165, 1.54) is 29.7 Å². The number of benzene rings is 1. The predicted octanol–water partition coefficient (Wildman–Crippen LogP) is 3.61. The number of rotatable bonds is 2. The van der Waals surface area contributed by atoms with Gasteiger partial charge in [0.2, 0.25) is 0 Å². The molecule has 2 heterocycles. The molecule has 0 bridgehead atoms. The van der Waals surface area contributed by atoms with Gasteiger partial charge < -0.3 is 5.32 Å². The molecule has 1 fully saturated rings. The third kappa shape index (κ3) is 2.60. The lowest BCUT2D eigenvalue weighted by molar-refractivity contribution is 0.453. The van der Waals surface area contributed by atoms with Crippen molar-refractivity contribution >= 4 is 15.9 Å². The normalized spacial score (nSPS) is 16.7. The van der Waals surface area contributed by atoms with Crippen molar-refractivity contribution in [2.75, 3.05) is 13.1 Å². The third-order valence-corrected chi connectivity index (χ3v) is 4.36. The van der Waals surface area contributed by atoms with Crippen LogP contribution in [0.1, 0.15) is 30.1 Å². The Hall–Kier alpha value is -1.13. The fraction of sp³-hybridized carbons (Fsp3) is 0.400. The Morgan fingerprint density at radius 3 is 2.53 bits per heavy atom. The van der Waals surface area contributed by atoms with Crippen molar-refractivity contribution in [1.29, 1.82) is 0 Å². The van der Waals surface area contributed by atoms with Gasteiger partial charge in [0.15, 0.2) is 0 Å². The summed E-state index contributed by atoms with van der Waals surface area (Å²) in [7, 11) is 0. The molecule has 2 aromatic rings. The summed E-state index contributed by atoms with van der Waals surface area (Å²) in [5.74, 6) is 0.574. The monoisotopic (exact) mass is 319 g/mol. The van der Waals surface area contributed by atoms with Crippen molar-refractivity contribution in [3.63, 3.8) is 0 Å². The molecule has 0 amide bonds. The number of H-pyrrole nitrogens is 1. The molecule has 0 unspecified atom stereocenters. The standard InChI is InChI=1S/C15H18BrN3/c1-10-14(11-2-4-13(16)5-3-11)15(19-18-10)12-6-8-17-9-7-12/h2-5,12,17H,6-9H2,1H3,(H,18,19). The van der Waals surface area contributed by atoms with Gasteiger partial charge in [0.1, 0.15) is 0 Å². The van der Waals surface area contributed by atoms with Gasteiger partial charge in [-0.2, -0.15) is 5.10 Å². The van der Waals surface area contributed by atoms with Crippen molar-refractivity contribution in [3.8, 4) is 11.1 Å². The summed E-state index contributed by atoms with van der Waals surface area (Å²) < 4.78 is 1.11. The number of nitrogens with zero attached hydrogens (tertiary/aromatic N) is 1. The van der Waals surface area contributed by atoms with Crippen molar-refractivity contribution in [2.24, 2.45) is 0 Å². The Morgan fingerprint density at radius 2 is 1.84 bits per heavy atom. The molecule has 3 rings (SSSR count). The van der Waals surface area contributed by atoms with Crippen molar-refractivity contribution in [1.82, 2.24) is 15.5 Å². The van der Waals surface area contributed by atoms with Gasteiger partial charge in [-0.1, -0.05) is 28.1 Å². The zero-order valence-electron chi connectivity index (χ0n) is 11.0. The maximum Gasteiger partial charge on any atom is 0.0735 e. The van der Waals surface area contributed by atoms with Gasteiger partial charge in [0.05, 0.1) is 5.69 Å². The minimum absolute atomic E-state index is 0.574. The van der Waals surface area contributed by atoms with E-state index < -0.39 is 0 Å². The van der Waals surface area contributed by atoms with Gasteiger partial charge in [-0.25, -0.2) is 0 Å². The average Bonchev–Trinajstić information content (AvgIpc) is 2.83. The van der Waals surface area contributed by atoms with Crippen LogP contribution in [0.5, 0.6) is 0 Å². The summed E-state index contributed by atoms with van der Waals surface area (Å²) in [5.41, 5.74) is 4.94. The molecule has 4 heteroatoms. The zero-order chi connectivity index (χ0) is 13.2. The van der Waals surface area contributed by atoms with Crippen LogP contribution in [0.3, 0.4) is 0 Å². The van der Waals surface area contributed by atoms with Crippen LogP contribution in [-0.4, -0.2) is 23.3 Å². The number of aromatic nitrogens is 2. The maximum atomic E-state index is 4.57. The first-order valence-electron chi connectivity index (χ1n) is 6.77. The van der Waals surface area contributed by atoms with Gasteiger partial charge in [-0.15, -0.1) is 0 Å². The maximum absolute atomic E-state index is 4.57. The van der Waals surface area contributed by atoms with Crippen molar-refractivity contribution in [2.45, 2.75) is 25.7 Å². The van der Waals surface area contributed by atoms with E-state index >= 15 is 0 Å². The topological polar surface area (TPSA) is 40.7 Å². The van der Waals surface area contributed by atoms with E-state index in [0.29, 0.717) is 5.92 Å². The van der Waals surface area contributed by atoms with E-state index in [-0.39, 0.29) is 0 Å². The van der Waals surface area contributed by atoms with E-state index in [1.54, 1.807) is 0 Å². The molecule has 0 spiro atoms. The highest BCUT2D eigenvalue weighted by atomic mass is 79.9. The van der Waals surface area contributed by atoms with E-state index in [1.807, 2.05) is 0 Å². The first-order chi connectivity index (χ1) is 9.25. The fourth-order valence-electron chi connectivity index (χ4n) is 2.82. The number of hydrogen-bond donors (Lipinski definition) is 2. The molecule has 2 N–H and O–H groups in total. The number of halogens is 1. The van der Waals surface area contributed by atoms with Crippen LogP contribution in [0.25, 0.3) is 11.1 Å². The molecule has 100 valence electrons. The van der Waals surface area contributed by atoms with Gasteiger partial charge >= 0.3 is 0 Å². The number of nitrogens with one attached hydrogen (secondary N) is 2. The summed E-state index contributed by atoms with van der Waals surface area (Å²) >= 11 is 3.49. The summed E-state index contributed by atoms with van der Waals surface area (Å²) in [6, 6.07) is 8.50. The third-order valence-electron chi connectivity index (χ3n) is 3.83. The van der Waals surface area contributed by atoms with E-state index in [0.717, 1.165) is 23.3 Å². The van der Waals surface area contributed by atoms with Crippen LogP contribution in [0.15, 0.2) is 28.7 Å². The first kappa shape index (κ1) is 12.9. The first-order valence-corrected chi connectivity index (χ1v) is 7.56. The highest BCUT2D eigenvalue weighted by molar-refractivity contribution is 9.10. The van der Waals surface area contributed by atoms with Crippen LogP contribution in [0.2, 0.25) is 0 Å². The largest absolute Gasteiger partial charge is 0.317 e. The molecule has 1 aliphatic heterocycles. The van der Waals surface area contributed by atoms with E-state index in [2.05, 4.69) is 62.6 Å². The molecule has 1 aliphatic rings. The molecule has 1 aromatic carbocycles. The molecule has 19 heavy (non-hydrogen) atoms. The van der Waals surface area contributed by atoms with Crippen LogP contribution < -0.4 is 5.32 Å². The molecule has 1 saturated heterocycles. The molecule has 1 aromatic heterocycles. The quantitative estimate of drug-likeness (QED) is 0.887. The smallest absolute Gasteiger partial charge is 0.0735 e. The van der Waals surface area contributed by atoms with E-state index in [4.69, 9.17) is 0 Å². The van der Waals surface area contributed by atoms with Crippen LogP contribution in [0, 0.1) is 6.92 Å². The number of piperidine rings is 1.